The zero-order valence-electron chi connectivity index (χ0n) is 14.6. The highest BCUT2D eigenvalue weighted by molar-refractivity contribution is 7.91. The normalized spacial score (nSPS) is 14.2. The van der Waals surface area contributed by atoms with E-state index in [-0.39, 0.29) is 11.6 Å². The van der Waals surface area contributed by atoms with Gasteiger partial charge in [-0.2, -0.15) is 0 Å². The molecule has 0 fully saturated rings. The lowest BCUT2D eigenvalue weighted by atomic mass is 10.1. The van der Waals surface area contributed by atoms with Gasteiger partial charge in [-0.15, -0.1) is 0 Å². The van der Waals surface area contributed by atoms with Crippen molar-refractivity contribution >= 4 is 21.7 Å². The third-order valence-electron chi connectivity index (χ3n) is 4.33. The maximum absolute atomic E-state index is 12.7. The van der Waals surface area contributed by atoms with Gasteiger partial charge >= 0.3 is 5.97 Å². The van der Waals surface area contributed by atoms with E-state index in [1.807, 2.05) is 0 Å². The molecule has 0 bridgehead atoms. The number of H-pyrrole nitrogens is 1. The van der Waals surface area contributed by atoms with Crippen LogP contribution >= 0.6 is 0 Å². The van der Waals surface area contributed by atoms with Crippen LogP contribution in [-0.4, -0.2) is 61.9 Å². The summed E-state index contributed by atoms with van der Waals surface area (Å²) in [6, 6.07) is -0.512. The van der Waals surface area contributed by atoms with Gasteiger partial charge in [0.25, 0.3) is 5.91 Å². The molecule has 0 unspecified atom stereocenters. The second kappa shape index (κ2) is 6.74. The van der Waals surface area contributed by atoms with Crippen LogP contribution in [0.1, 0.15) is 46.0 Å². The zero-order valence-corrected chi connectivity index (χ0v) is 15.4. The quantitative estimate of drug-likeness (QED) is 0.813. The van der Waals surface area contributed by atoms with Crippen molar-refractivity contribution in [1.82, 2.24) is 9.88 Å². The van der Waals surface area contributed by atoms with Crippen LogP contribution < -0.4 is 0 Å². The number of aromatic nitrogens is 1. The molecule has 1 heterocycles. The van der Waals surface area contributed by atoms with Gasteiger partial charge in [-0.05, 0) is 33.3 Å². The highest BCUT2D eigenvalue weighted by atomic mass is 32.2. The largest absolute Gasteiger partial charge is 0.465 e. The number of methoxy groups -OCH3 is 1. The van der Waals surface area contributed by atoms with Crippen molar-refractivity contribution in [3.8, 4) is 0 Å². The Morgan fingerprint density at radius 1 is 1.22 bits per heavy atom. The molecular weight excluding hydrogens is 320 g/mol. The Kier molecular flexibility index (Phi) is 5.63. The summed E-state index contributed by atoms with van der Waals surface area (Å²) in [5.74, 6) is -0.890. The number of carbonyl (C=O) groups is 2. The number of hydrogen-bond acceptors (Lipinski definition) is 5. The number of amides is 1. The summed E-state index contributed by atoms with van der Waals surface area (Å²) in [6.45, 7) is 6.58. The Labute approximate surface area is 136 Å². The van der Waals surface area contributed by atoms with Gasteiger partial charge in [0.2, 0.25) is 0 Å². The average molecular weight is 344 g/mol. The molecule has 130 valence electrons. The van der Waals surface area contributed by atoms with Crippen LogP contribution in [0.3, 0.4) is 0 Å². The van der Waals surface area contributed by atoms with Crippen molar-refractivity contribution in [1.29, 1.82) is 0 Å². The maximum atomic E-state index is 12.7. The zero-order chi connectivity index (χ0) is 18.1. The fraction of sp³-hybridized carbons (Fsp3) is 0.600. The Morgan fingerprint density at radius 3 is 2.17 bits per heavy atom. The van der Waals surface area contributed by atoms with Crippen LogP contribution in [0.4, 0.5) is 0 Å². The first kappa shape index (κ1) is 19.2. The second-order valence-corrected chi connectivity index (χ2v) is 8.21. The predicted molar refractivity (Wildman–Crippen MR) is 87.5 cm³/mol. The molecule has 0 aliphatic heterocycles. The Balaban J connectivity index is 3.18. The fourth-order valence-electron chi connectivity index (χ4n) is 2.41. The molecule has 0 aliphatic carbocycles. The lowest BCUT2D eigenvalue weighted by molar-refractivity contribution is 0.0599. The fourth-order valence-corrected chi connectivity index (χ4v) is 3.30. The predicted octanol–water partition coefficient (Wildman–Crippen LogP) is 1.31. The van der Waals surface area contributed by atoms with Crippen LogP contribution in [0.25, 0.3) is 0 Å². The van der Waals surface area contributed by atoms with E-state index in [0.29, 0.717) is 16.8 Å². The Morgan fingerprint density at radius 2 is 1.74 bits per heavy atom. The third-order valence-corrected chi connectivity index (χ3v) is 6.07. The molecule has 0 aliphatic rings. The van der Waals surface area contributed by atoms with Crippen molar-refractivity contribution in [3.05, 3.63) is 22.5 Å². The van der Waals surface area contributed by atoms with Gasteiger partial charge in [-0.3, -0.25) is 4.79 Å². The number of aryl methyl sites for hydroxylation is 1. The summed E-state index contributed by atoms with van der Waals surface area (Å²) >= 11 is 0. The van der Waals surface area contributed by atoms with Gasteiger partial charge in [-0.1, -0.05) is 0 Å². The van der Waals surface area contributed by atoms with E-state index in [0.717, 1.165) is 6.26 Å². The number of rotatable bonds is 5. The lowest BCUT2D eigenvalue weighted by Gasteiger charge is -2.28. The van der Waals surface area contributed by atoms with E-state index in [9.17, 15) is 18.0 Å². The molecule has 2 atom stereocenters. The van der Waals surface area contributed by atoms with Crippen LogP contribution in [0.2, 0.25) is 0 Å². The molecule has 1 aromatic rings. The number of sulfone groups is 1. The molecular formula is C15H24N2O5S. The van der Waals surface area contributed by atoms with E-state index in [2.05, 4.69) is 4.98 Å². The maximum Gasteiger partial charge on any atom is 0.339 e. The summed E-state index contributed by atoms with van der Waals surface area (Å²) in [5, 5.41) is -0.701. The molecule has 7 nitrogen and oxygen atoms in total. The minimum atomic E-state index is -3.27. The van der Waals surface area contributed by atoms with E-state index < -0.39 is 27.1 Å². The number of ether oxygens (including phenoxy) is 1. The van der Waals surface area contributed by atoms with E-state index >= 15 is 0 Å². The molecule has 0 saturated heterocycles. The summed E-state index contributed by atoms with van der Waals surface area (Å²) in [5.41, 5.74) is 1.62. The lowest BCUT2D eigenvalue weighted by Crippen LogP contribution is -2.44. The molecule has 8 heteroatoms. The van der Waals surface area contributed by atoms with Gasteiger partial charge in [0.1, 0.15) is 5.69 Å². The smallest absolute Gasteiger partial charge is 0.339 e. The first-order valence-corrected chi connectivity index (χ1v) is 9.12. The van der Waals surface area contributed by atoms with Gasteiger partial charge in [-0.25, -0.2) is 13.2 Å². The van der Waals surface area contributed by atoms with Crippen LogP contribution in [0.15, 0.2) is 0 Å². The number of nitrogens with zero attached hydrogens (tertiary/aromatic N) is 1. The summed E-state index contributed by atoms with van der Waals surface area (Å²) in [6.07, 6.45) is 1.14. The van der Waals surface area contributed by atoms with Crippen LogP contribution in [0.5, 0.6) is 0 Å². The van der Waals surface area contributed by atoms with Gasteiger partial charge in [0.15, 0.2) is 9.84 Å². The van der Waals surface area contributed by atoms with Gasteiger partial charge in [0, 0.05) is 25.0 Å². The second-order valence-electron chi connectivity index (χ2n) is 5.81. The molecule has 0 saturated carbocycles. The number of hydrogen-bond donors (Lipinski definition) is 1. The summed E-state index contributed by atoms with van der Waals surface area (Å²) in [7, 11) is -0.452. The number of carbonyl (C=O) groups excluding carboxylic acids is 2. The van der Waals surface area contributed by atoms with E-state index in [1.165, 1.54) is 12.0 Å². The molecule has 1 rings (SSSR count). The molecule has 1 amide bonds. The Hall–Kier alpha value is -1.83. The highest BCUT2D eigenvalue weighted by Crippen LogP contribution is 2.21. The van der Waals surface area contributed by atoms with Crippen molar-refractivity contribution in [2.75, 3.05) is 20.4 Å². The summed E-state index contributed by atoms with van der Waals surface area (Å²) in [4.78, 5) is 28.7. The van der Waals surface area contributed by atoms with Crippen molar-refractivity contribution in [2.45, 2.75) is 39.0 Å². The van der Waals surface area contributed by atoms with Crippen LogP contribution in [0, 0.1) is 13.8 Å². The minimum absolute atomic E-state index is 0.262. The Bertz CT molecular complexity index is 720. The van der Waals surface area contributed by atoms with Crippen molar-refractivity contribution < 1.29 is 22.7 Å². The molecule has 1 N–H and O–H groups in total. The topological polar surface area (TPSA) is 96.5 Å². The molecule has 23 heavy (non-hydrogen) atoms. The third kappa shape index (κ3) is 3.74. The average Bonchev–Trinajstić information content (AvgIpc) is 2.77. The first-order chi connectivity index (χ1) is 10.4. The first-order valence-electron chi connectivity index (χ1n) is 7.16. The standard InChI is InChI=1S/C15H24N2O5S/c1-8-12(15(19)22-6)9(2)16-13(8)14(18)17(5)10(3)11(4)23(7,20)21/h10-11,16H,1-7H3/t10-,11-/m0/s1. The monoisotopic (exact) mass is 344 g/mol. The summed E-state index contributed by atoms with van der Waals surface area (Å²) < 4.78 is 28.1. The molecule has 0 aromatic carbocycles. The number of aromatic amines is 1. The van der Waals surface area contributed by atoms with Crippen molar-refractivity contribution in [3.63, 3.8) is 0 Å². The van der Waals surface area contributed by atoms with E-state index in [1.54, 1.807) is 34.7 Å². The van der Waals surface area contributed by atoms with Crippen molar-refractivity contribution in [2.24, 2.45) is 0 Å². The van der Waals surface area contributed by atoms with Gasteiger partial charge < -0.3 is 14.6 Å². The molecule has 0 spiro atoms. The highest BCUT2D eigenvalue weighted by Gasteiger charge is 2.31. The van der Waals surface area contributed by atoms with E-state index in [4.69, 9.17) is 4.74 Å². The minimum Gasteiger partial charge on any atom is -0.465 e. The van der Waals surface area contributed by atoms with Gasteiger partial charge in [0.05, 0.1) is 17.9 Å². The SMILES string of the molecule is COC(=O)c1c(C)[nH]c(C(=O)N(C)[C@@H](C)[C@H](C)S(C)(=O)=O)c1C. The number of esters is 1. The van der Waals surface area contributed by atoms with Crippen LogP contribution in [-0.2, 0) is 14.6 Å². The number of nitrogens with one attached hydrogen (secondary N) is 1. The molecule has 0 radical (unpaired) electrons. The molecule has 1 aromatic heterocycles.